The number of aryl methyl sites for hydroxylation is 1. The fraction of sp³-hybridized carbons (Fsp3) is 0.0882. The van der Waals surface area contributed by atoms with Crippen LogP contribution in [0.5, 0.6) is 0 Å². The van der Waals surface area contributed by atoms with Gasteiger partial charge in [0, 0.05) is 50.9 Å². The predicted octanol–water partition coefficient (Wildman–Crippen LogP) is 6.91. The largest absolute Gasteiger partial charge is 0.361 e. The number of nitrogens with zero attached hydrogens (tertiary/aromatic N) is 1. The summed E-state index contributed by atoms with van der Waals surface area (Å²) in [7, 11) is 0. The van der Waals surface area contributed by atoms with Crippen molar-refractivity contribution < 1.29 is 19.3 Å². The first-order chi connectivity index (χ1) is 21.7. The van der Waals surface area contributed by atoms with E-state index in [0.717, 1.165) is 16.5 Å². The number of nitro benzene ring substituents is 1. The molecule has 1 unspecified atom stereocenters. The molecule has 0 aliphatic heterocycles. The summed E-state index contributed by atoms with van der Waals surface area (Å²) in [4.78, 5) is 54.1. The van der Waals surface area contributed by atoms with Crippen LogP contribution in [-0.2, 0) is 9.59 Å². The molecule has 11 heteroatoms. The van der Waals surface area contributed by atoms with E-state index in [2.05, 4.69) is 20.9 Å². The van der Waals surface area contributed by atoms with Gasteiger partial charge in [-0.25, -0.2) is 0 Å². The molecule has 0 saturated carbocycles. The van der Waals surface area contributed by atoms with Gasteiger partial charge in [0.25, 0.3) is 17.5 Å². The lowest BCUT2D eigenvalue weighted by Crippen LogP contribution is -2.30. The molecule has 0 radical (unpaired) electrons. The van der Waals surface area contributed by atoms with Crippen molar-refractivity contribution in [3.63, 3.8) is 0 Å². The number of benzene rings is 4. The summed E-state index contributed by atoms with van der Waals surface area (Å²) < 4.78 is 0. The molecule has 10 nitrogen and oxygen atoms in total. The van der Waals surface area contributed by atoms with Crippen LogP contribution in [0.2, 0.25) is 0 Å². The Hall–Kier alpha value is -5.68. The monoisotopic (exact) mass is 619 g/mol. The molecule has 5 rings (SSSR count). The molecule has 5 aromatic rings. The van der Waals surface area contributed by atoms with E-state index in [4.69, 9.17) is 0 Å². The lowest BCUT2D eigenvalue weighted by atomic mass is 10.1. The van der Waals surface area contributed by atoms with E-state index < -0.39 is 22.0 Å². The standard InChI is InChI=1S/C34H29N5O5S/c1-21-15-16-26(39(43)44)19-30(21)37-32(40)22(2)45-27-12-8-11-25(18-27)36-34(42)31(38-33(41)23-9-4-3-5-10-23)17-24-20-35-29-14-7-6-13-28(24)29/h3-20,22,35H,1-2H3,(H,36,42)(H,37,40)(H,38,41)/b31-17-. The Morgan fingerprint density at radius 3 is 2.44 bits per heavy atom. The van der Waals surface area contributed by atoms with Gasteiger partial charge in [-0.3, -0.25) is 24.5 Å². The van der Waals surface area contributed by atoms with Gasteiger partial charge in [-0.1, -0.05) is 48.5 Å². The van der Waals surface area contributed by atoms with Crippen LogP contribution in [0.4, 0.5) is 17.1 Å². The lowest BCUT2D eigenvalue weighted by Gasteiger charge is -2.15. The van der Waals surface area contributed by atoms with Gasteiger partial charge in [0.15, 0.2) is 0 Å². The quantitative estimate of drug-likeness (QED) is 0.0578. The van der Waals surface area contributed by atoms with Crippen LogP contribution in [-0.4, -0.2) is 32.9 Å². The van der Waals surface area contributed by atoms with Gasteiger partial charge >= 0.3 is 0 Å². The number of aromatic nitrogens is 1. The Morgan fingerprint density at radius 2 is 1.67 bits per heavy atom. The van der Waals surface area contributed by atoms with Crippen molar-refractivity contribution in [1.29, 1.82) is 0 Å². The number of non-ortho nitro benzene ring substituents is 1. The Morgan fingerprint density at radius 1 is 0.911 bits per heavy atom. The van der Waals surface area contributed by atoms with Crippen molar-refractivity contribution in [2.24, 2.45) is 0 Å². The lowest BCUT2D eigenvalue weighted by molar-refractivity contribution is -0.384. The zero-order valence-electron chi connectivity index (χ0n) is 24.4. The third-order valence-corrected chi connectivity index (χ3v) is 8.01. The molecule has 3 amide bonds. The zero-order valence-corrected chi connectivity index (χ0v) is 25.2. The number of aromatic amines is 1. The number of anilines is 2. The van der Waals surface area contributed by atoms with Gasteiger partial charge in [-0.05, 0) is 61.9 Å². The van der Waals surface area contributed by atoms with Crippen LogP contribution in [0, 0.1) is 17.0 Å². The molecular weight excluding hydrogens is 590 g/mol. The number of carbonyl (C=O) groups excluding carboxylic acids is 3. The van der Waals surface area contributed by atoms with Crippen molar-refractivity contribution >= 4 is 63.5 Å². The Kier molecular flexibility index (Phi) is 9.40. The number of hydrogen-bond acceptors (Lipinski definition) is 6. The van der Waals surface area contributed by atoms with Gasteiger partial charge in [-0.15, -0.1) is 11.8 Å². The molecule has 45 heavy (non-hydrogen) atoms. The van der Waals surface area contributed by atoms with E-state index in [1.54, 1.807) is 80.7 Å². The van der Waals surface area contributed by atoms with Crippen molar-refractivity contribution in [2.45, 2.75) is 24.0 Å². The molecular formula is C34H29N5O5S. The summed E-state index contributed by atoms with van der Waals surface area (Å²) in [5, 5.41) is 19.9. The van der Waals surface area contributed by atoms with E-state index in [-0.39, 0.29) is 17.3 Å². The summed E-state index contributed by atoms with van der Waals surface area (Å²) >= 11 is 1.26. The fourth-order valence-electron chi connectivity index (χ4n) is 4.51. The van der Waals surface area contributed by atoms with Gasteiger partial charge in [0.2, 0.25) is 5.91 Å². The van der Waals surface area contributed by atoms with E-state index in [0.29, 0.717) is 27.4 Å². The number of carbonyl (C=O) groups is 3. The van der Waals surface area contributed by atoms with Crippen LogP contribution in [0.25, 0.3) is 17.0 Å². The first kappa shape index (κ1) is 30.8. The molecule has 0 aliphatic carbocycles. The van der Waals surface area contributed by atoms with Crippen LogP contribution < -0.4 is 16.0 Å². The summed E-state index contributed by atoms with van der Waals surface area (Å²) in [6.45, 7) is 3.48. The van der Waals surface area contributed by atoms with Crippen molar-refractivity contribution in [1.82, 2.24) is 10.3 Å². The second-order valence-corrected chi connectivity index (χ2v) is 11.6. The molecule has 4 aromatic carbocycles. The highest BCUT2D eigenvalue weighted by Gasteiger charge is 2.19. The minimum Gasteiger partial charge on any atom is -0.361 e. The first-order valence-corrected chi connectivity index (χ1v) is 14.8. The molecule has 4 N–H and O–H groups in total. The maximum atomic E-state index is 13.6. The molecule has 0 saturated heterocycles. The molecule has 1 atom stereocenters. The van der Waals surface area contributed by atoms with Gasteiger partial charge < -0.3 is 20.9 Å². The van der Waals surface area contributed by atoms with E-state index >= 15 is 0 Å². The average molecular weight is 620 g/mol. The van der Waals surface area contributed by atoms with Gasteiger partial charge in [0.1, 0.15) is 5.70 Å². The highest BCUT2D eigenvalue weighted by molar-refractivity contribution is 8.00. The molecule has 0 spiro atoms. The van der Waals surface area contributed by atoms with Gasteiger partial charge in [-0.2, -0.15) is 0 Å². The van der Waals surface area contributed by atoms with Gasteiger partial charge in [0.05, 0.1) is 15.9 Å². The van der Waals surface area contributed by atoms with Crippen LogP contribution in [0.1, 0.15) is 28.4 Å². The molecule has 1 heterocycles. The number of nitro groups is 1. The number of rotatable bonds is 10. The number of fused-ring (bicyclic) bond motifs is 1. The highest BCUT2D eigenvalue weighted by atomic mass is 32.2. The van der Waals surface area contributed by atoms with Crippen molar-refractivity contribution in [3.05, 3.63) is 136 Å². The summed E-state index contributed by atoms with van der Waals surface area (Å²) in [6, 6.07) is 27.6. The van der Waals surface area contributed by atoms with E-state index in [1.165, 1.54) is 23.9 Å². The zero-order chi connectivity index (χ0) is 31.9. The maximum Gasteiger partial charge on any atom is 0.272 e. The SMILES string of the molecule is Cc1ccc([N+](=O)[O-])cc1NC(=O)C(C)Sc1cccc(NC(=O)/C(=C/c2c[nH]c3ccccc23)NC(=O)c2ccccc2)c1. The molecule has 0 aliphatic rings. The van der Waals surface area contributed by atoms with E-state index in [1.807, 2.05) is 30.3 Å². The number of thioether (sulfide) groups is 1. The third kappa shape index (κ3) is 7.64. The minimum absolute atomic E-state index is 0.0479. The minimum atomic E-state index is -0.558. The third-order valence-electron chi connectivity index (χ3n) is 6.91. The number of H-pyrrole nitrogens is 1. The fourth-order valence-corrected chi connectivity index (χ4v) is 5.43. The van der Waals surface area contributed by atoms with Crippen LogP contribution in [0.3, 0.4) is 0 Å². The summed E-state index contributed by atoms with van der Waals surface area (Å²) in [5.41, 5.74) is 3.49. The predicted molar refractivity (Wildman–Crippen MR) is 177 cm³/mol. The van der Waals surface area contributed by atoms with E-state index in [9.17, 15) is 24.5 Å². The molecule has 226 valence electrons. The average Bonchev–Trinajstić information content (AvgIpc) is 3.44. The Bertz CT molecular complexity index is 1940. The van der Waals surface area contributed by atoms with Crippen LogP contribution >= 0.6 is 11.8 Å². The topological polar surface area (TPSA) is 146 Å². The molecule has 0 fully saturated rings. The molecule has 0 bridgehead atoms. The number of hydrogen-bond donors (Lipinski definition) is 4. The maximum absolute atomic E-state index is 13.6. The highest BCUT2D eigenvalue weighted by Crippen LogP contribution is 2.28. The summed E-state index contributed by atoms with van der Waals surface area (Å²) in [6.07, 6.45) is 3.39. The number of nitrogens with one attached hydrogen (secondary N) is 4. The number of amides is 3. The normalized spacial score (nSPS) is 11.9. The Balaban J connectivity index is 1.32. The second kappa shape index (κ2) is 13.7. The van der Waals surface area contributed by atoms with Crippen molar-refractivity contribution in [2.75, 3.05) is 10.6 Å². The second-order valence-electron chi connectivity index (χ2n) is 10.2. The molecule has 1 aromatic heterocycles. The first-order valence-electron chi connectivity index (χ1n) is 14.0. The summed E-state index contributed by atoms with van der Waals surface area (Å²) in [5.74, 6) is -1.29. The van der Waals surface area contributed by atoms with Crippen LogP contribution in [0.15, 0.2) is 114 Å². The smallest absolute Gasteiger partial charge is 0.272 e. The number of para-hydroxylation sites is 1. The van der Waals surface area contributed by atoms with Crippen molar-refractivity contribution in [3.8, 4) is 0 Å². The Labute approximate surface area is 263 Å².